The van der Waals surface area contributed by atoms with Crippen LogP contribution in [0.3, 0.4) is 0 Å². The third-order valence-corrected chi connectivity index (χ3v) is 6.51. The Hall–Kier alpha value is -3.97. The van der Waals surface area contributed by atoms with Gasteiger partial charge >= 0.3 is 5.97 Å². The molecule has 0 aliphatic carbocycles. The lowest BCUT2D eigenvalue weighted by Gasteiger charge is -2.30. The SMILES string of the molecule is CCOC(=O)CNC(=O)C(c1cccs1)N(C(=O)c1snc(C(N)=O)c1N)c1cccc(OC)c1. The first kappa shape index (κ1) is 25.6. The molecule has 0 saturated carbocycles. The maximum absolute atomic E-state index is 13.8. The van der Waals surface area contributed by atoms with Crippen molar-refractivity contribution in [1.82, 2.24) is 9.69 Å². The van der Waals surface area contributed by atoms with E-state index in [1.54, 1.807) is 48.7 Å². The Balaban J connectivity index is 2.12. The van der Waals surface area contributed by atoms with Crippen molar-refractivity contribution in [1.29, 1.82) is 0 Å². The number of aromatic nitrogens is 1. The number of carbonyl (C=O) groups excluding carboxylic acids is 4. The lowest BCUT2D eigenvalue weighted by atomic mass is 10.1. The van der Waals surface area contributed by atoms with Gasteiger partial charge in [0.25, 0.3) is 11.8 Å². The fraction of sp³-hybridized carbons (Fsp3) is 0.227. The molecule has 3 rings (SSSR count). The number of nitrogens with one attached hydrogen (secondary N) is 1. The summed E-state index contributed by atoms with van der Waals surface area (Å²) in [5, 5.41) is 4.28. The molecule has 3 amide bonds. The zero-order valence-electron chi connectivity index (χ0n) is 18.8. The molecule has 1 unspecified atom stereocenters. The van der Waals surface area contributed by atoms with Crippen LogP contribution in [0.4, 0.5) is 11.4 Å². The number of benzene rings is 1. The Bertz CT molecular complexity index is 1230. The normalized spacial score (nSPS) is 11.4. The van der Waals surface area contributed by atoms with Crippen LogP contribution in [-0.4, -0.2) is 48.3 Å². The van der Waals surface area contributed by atoms with Gasteiger partial charge in [-0.3, -0.25) is 24.1 Å². The quantitative estimate of drug-likeness (QED) is 0.343. The number of primary amides is 1. The molecule has 11 nitrogen and oxygen atoms in total. The van der Waals surface area contributed by atoms with Gasteiger partial charge in [-0.2, -0.15) is 4.37 Å². The maximum Gasteiger partial charge on any atom is 0.325 e. The van der Waals surface area contributed by atoms with Gasteiger partial charge in [0.15, 0.2) is 11.7 Å². The summed E-state index contributed by atoms with van der Waals surface area (Å²) in [4.78, 5) is 52.4. The zero-order valence-corrected chi connectivity index (χ0v) is 20.5. The summed E-state index contributed by atoms with van der Waals surface area (Å²) in [6, 6.07) is 8.75. The molecule has 0 aliphatic rings. The second-order valence-electron chi connectivity index (χ2n) is 6.96. The third kappa shape index (κ3) is 5.75. The molecule has 1 aromatic carbocycles. The topological polar surface area (TPSA) is 167 Å². The highest BCUT2D eigenvalue weighted by atomic mass is 32.1. The largest absolute Gasteiger partial charge is 0.497 e. The van der Waals surface area contributed by atoms with Gasteiger partial charge in [0.2, 0.25) is 5.91 Å². The standard InChI is InChI=1S/C22H23N5O6S2/c1-3-33-15(28)11-25-21(30)18(14-8-5-9-34-14)27(12-6-4-7-13(10-12)32-2)22(31)19-16(23)17(20(24)29)26-35-19/h4-10,18H,3,11,23H2,1-2H3,(H2,24,29)(H,25,30). The number of amides is 3. The molecule has 35 heavy (non-hydrogen) atoms. The van der Waals surface area contributed by atoms with Crippen molar-refractivity contribution in [3.8, 4) is 5.75 Å². The Kier molecular flexibility index (Phi) is 8.39. The highest BCUT2D eigenvalue weighted by molar-refractivity contribution is 7.10. The van der Waals surface area contributed by atoms with Crippen molar-refractivity contribution in [2.75, 3.05) is 30.9 Å². The summed E-state index contributed by atoms with van der Waals surface area (Å²) in [7, 11) is 1.47. The Morgan fingerprint density at radius 3 is 2.57 bits per heavy atom. The van der Waals surface area contributed by atoms with E-state index in [4.69, 9.17) is 20.9 Å². The Labute approximate surface area is 208 Å². The van der Waals surface area contributed by atoms with Crippen LogP contribution in [0.1, 0.15) is 38.0 Å². The predicted molar refractivity (Wildman–Crippen MR) is 132 cm³/mol. The van der Waals surface area contributed by atoms with E-state index in [1.165, 1.54) is 23.3 Å². The zero-order chi connectivity index (χ0) is 25.5. The van der Waals surface area contributed by atoms with E-state index in [0.717, 1.165) is 0 Å². The van der Waals surface area contributed by atoms with E-state index in [1.807, 2.05) is 0 Å². The van der Waals surface area contributed by atoms with Crippen LogP contribution in [0.2, 0.25) is 0 Å². The van der Waals surface area contributed by atoms with Gasteiger partial charge in [-0.25, -0.2) is 0 Å². The number of nitrogen functional groups attached to an aromatic ring is 1. The molecule has 0 fully saturated rings. The lowest BCUT2D eigenvalue weighted by molar-refractivity contribution is -0.143. The first-order chi connectivity index (χ1) is 16.8. The van der Waals surface area contributed by atoms with Gasteiger partial charge in [-0.15, -0.1) is 11.3 Å². The second kappa shape index (κ2) is 11.4. The average molecular weight is 518 g/mol. The minimum atomic E-state index is -1.19. The van der Waals surface area contributed by atoms with Gasteiger partial charge in [0.05, 0.1) is 19.4 Å². The summed E-state index contributed by atoms with van der Waals surface area (Å²) >= 11 is 1.94. The van der Waals surface area contributed by atoms with Crippen LogP contribution in [0.15, 0.2) is 41.8 Å². The minimum Gasteiger partial charge on any atom is -0.497 e. The molecule has 0 spiro atoms. The molecule has 2 aromatic heterocycles. The van der Waals surface area contributed by atoms with E-state index in [-0.39, 0.29) is 29.4 Å². The number of thiophene rings is 1. The van der Waals surface area contributed by atoms with E-state index in [0.29, 0.717) is 27.8 Å². The maximum atomic E-state index is 13.8. The first-order valence-corrected chi connectivity index (χ1v) is 11.9. The number of hydrogen-bond donors (Lipinski definition) is 3. The molecule has 13 heteroatoms. The smallest absolute Gasteiger partial charge is 0.325 e. The van der Waals surface area contributed by atoms with E-state index in [2.05, 4.69) is 9.69 Å². The van der Waals surface area contributed by atoms with Gasteiger partial charge in [-0.1, -0.05) is 12.1 Å². The number of nitrogens with two attached hydrogens (primary N) is 2. The molecule has 0 radical (unpaired) electrons. The van der Waals surface area contributed by atoms with E-state index < -0.39 is 29.7 Å². The molecular weight excluding hydrogens is 494 g/mol. The Morgan fingerprint density at radius 2 is 1.97 bits per heavy atom. The van der Waals surface area contributed by atoms with Crippen molar-refractivity contribution in [2.24, 2.45) is 5.73 Å². The van der Waals surface area contributed by atoms with E-state index >= 15 is 0 Å². The molecule has 0 aliphatic heterocycles. The molecule has 0 saturated heterocycles. The summed E-state index contributed by atoms with van der Waals surface area (Å²) in [5.41, 5.74) is 11.2. The number of ether oxygens (including phenoxy) is 2. The molecule has 1 atom stereocenters. The molecule has 5 N–H and O–H groups in total. The molecule has 184 valence electrons. The van der Waals surface area contributed by atoms with Gasteiger partial charge in [0, 0.05) is 16.6 Å². The van der Waals surface area contributed by atoms with Crippen LogP contribution in [0.5, 0.6) is 5.75 Å². The molecule has 0 bridgehead atoms. The third-order valence-electron chi connectivity index (χ3n) is 4.74. The second-order valence-corrected chi connectivity index (χ2v) is 8.71. The van der Waals surface area contributed by atoms with Crippen molar-refractivity contribution in [2.45, 2.75) is 13.0 Å². The molecular formula is C22H23N5O6S2. The summed E-state index contributed by atoms with van der Waals surface area (Å²) in [6.07, 6.45) is 0. The van der Waals surface area contributed by atoms with Crippen molar-refractivity contribution < 1.29 is 28.7 Å². The summed E-state index contributed by atoms with van der Waals surface area (Å²) in [6.45, 7) is 1.42. The number of nitrogens with zero attached hydrogens (tertiary/aromatic N) is 2. The van der Waals surface area contributed by atoms with Crippen LogP contribution in [0.25, 0.3) is 0 Å². The van der Waals surface area contributed by atoms with Crippen molar-refractivity contribution >= 4 is 57.9 Å². The molecule has 2 heterocycles. The number of rotatable bonds is 10. The van der Waals surface area contributed by atoms with Gasteiger partial charge in [-0.05, 0) is 42.0 Å². The summed E-state index contributed by atoms with van der Waals surface area (Å²) in [5.74, 6) is -2.39. The average Bonchev–Trinajstić information content (AvgIpc) is 3.50. The van der Waals surface area contributed by atoms with Crippen LogP contribution in [0, 0.1) is 0 Å². The fourth-order valence-electron chi connectivity index (χ4n) is 3.17. The van der Waals surface area contributed by atoms with Crippen molar-refractivity contribution in [3.63, 3.8) is 0 Å². The number of carbonyl (C=O) groups is 4. The van der Waals surface area contributed by atoms with Crippen LogP contribution >= 0.6 is 22.9 Å². The van der Waals surface area contributed by atoms with Gasteiger partial charge < -0.3 is 26.3 Å². The summed E-state index contributed by atoms with van der Waals surface area (Å²) < 4.78 is 14.1. The fourth-order valence-corrected chi connectivity index (χ4v) is 4.73. The number of esters is 1. The van der Waals surface area contributed by atoms with Crippen molar-refractivity contribution in [3.05, 3.63) is 57.2 Å². The van der Waals surface area contributed by atoms with Crippen LogP contribution in [-0.2, 0) is 14.3 Å². The lowest BCUT2D eigenvalue weighted by Crippen LogP contribution is -2.45. The Morgan fingerprint density at radius 1 is 1.20 bits per heavy atom. The number of hydrogen-bond acceptors (Lipinski definition) is 10. The minimum absolute atomic E-state index is 0.0682. The van der Waals surface area contributed by atoms with Gasteiger partial charge in [0.1, 0.15) is 17.2 Å². The number of anilines is 2. The highest BCUT2D eigenvalue weighted by Gasteiger charge is 2.37. The predicted octanol–water partition coefficient (Wildman–Crippen LogP) is 1.96. The van der Waals surface area contributed by atoms with Crippen LogP contribution < -0.4 is 26.4 Å². The molecule has 3 aromatic rings. The van der Waals surface area contributed by atoms with E-state index in [9.17, 15) is 19.2 Å². The highest BCUT2D eigenvalue weighted by Crippen LogP contribution is 2.35. The monoisotopic (exact) mass is 517 g/mol. The first-order valence-electron chi connectivity index (χ1n) is 10.3. The number of methoxy groups -OCH3 is 1.